The van der Waals surface area contributed by atoms with Crippen molar-refractivity contribution in [1.29, 1.82) is 0 Å². The Kier molecular flexibility index (Phi) is 5.15. The van der Waals surface area contributed by atoms with E-state index in [1.165, 1.54) is 0 Å². The van der Waals surface area contributed by atoms with Gasteiger partial charge in [0.05, 0.1) is 17.1 Å². The molecule has 1 aliphatic rings. The highest BCUT2D eigenvalue weighted by molar-refractivity contribution is 5.80. The van der Waals surface area contributed by atoms with Gasteiger partial charge in [0.25, 0.3) is 0 Å². The lowest BCUT2D eigenvalue weighted by atomic mass is 9.98. The van der Waals surface area contributed by atoms with Gasteiger partial charge in [-0.3, -0.25) is 9.47 Å². The van der Waals surface area contributed by atoms with Crippen molar-refractivity contribution in [1.82, 2.24) is 14.5 Å². The van der Waals surface area contributed by atoms with Crippen LogP contribution in [-0.4, -0.2) is 37.7 Å². The van der Waals surface area contributed by atoms with Crippen molar-refractivity contribution in [2.75, 3.05) is 0 Å². The Hall–Kier alpha value is -3.06. The van der Waals surface area contributed by atoms with Crippen LogP contribution in [0.2, 0.25) is 0 Å². The van der Waals surface area contributed by atoms with Crippen LogP contribution in [0.4, 0.5) is 4.79 Å². The number of rotatable bonds is 4. The SMILES string of the molecule is CC(C)N(C(=O)OCc1ccccc1)[C@H]1CCn2c(=O)[nH]c3cccc(c32)[C@@H]1O. The van der Waals surface area contributed by atoms with E-state index in [0.29, 0.717) is 29.6 Å². The molecule has 7 nitrogen and oxygen atoms in total. The van der Waals surface area contributed by atoms with Crippen LogP contribution in [0.15, 0.2) is 53.3 Å². The maximum absolute atomic E-state index is 13.0. The highest BCUT2D eigenvalue weighted by atomic mass is 16.6. The van der Waals surface area contributed by atoms with Gasteiger partial charge in [-0.1, -0.05) is 42.5 Å². The highest BCUT2D eigenvalue weighted by Crippen LogP contribution is 2.33. The minimum absolute atomic E-state index is 0.168. The van der Waals surface area contributed by atoms with Gasteiger partial charge in [0, 0.05) is 18.2 Å². The van der Waals surface area contributed by atoms with E-state index in [2.05, 4.69) is 4.98 Å². The highest BCUT2D eigenvalue weighted by Gasteiger charge is 2.36. The third-order valence-corrected chi connectivity index (χ3v) is 5.49. The Morgan fingerprint density at radius 2 is 2.00 bits per heavy atom. The number of nitrogens with one attached hydrogen (secondary N) is 1. The van der Waals surface area contributed by atoms with Crippen LogP contribution in [0.3, 0.4) is 0 Å². The predicted molar refractivity (Wildman–Crippen MR) is 110 cm³/mol. The topological polar surface area (TPSA) is 87.6 Å². The number of aryl methyl sites for hydroxylation is 1. The number of hydrogen-bond acceptors (Lipinski definition) is 4. The average Bonchev–Trinajstić information content (AvgIpc) is 2.96. The summed E-state index contributed by atoms with van der Waals surface area (Å²) < 4.78 is 7.19. The number of hydrogen-bond donors (Lipinski definition) is 2. The second-order valence-electron chi connectivity index (χ2n) is 7.67. The zero-order valence-electron chi connectivity index (χ0n) is 16.5. The smallest absolute Gasteiger partial charge is 0.410 e. The van der Waals surface area contributed by atoms with Gasteiger partial charge in [0.15, 0.2) is 0 Å². The molecule has 29 heavy (non-hydrogen) atoms. The van der Waals surface area contributed by atoms with Crippen molar-refractivity contribution >= 4 is 17.1 Å². The Morgan fingerprint density at radius 1 is 1.24 bits per heavy atom. The molecule has 1 amide bonds. The van der Waals surface area contributed by atoms with E-state index in [1.54, 1.807) is 15.5 Å². The summed E-state index contributed by atoms with van der Waals surface area (Å²) in [7, 11) is 0. The number of aromatic nitrogens is 2. The summed E-state index contributed by atoms with van der Waals surface area (Å²) in [5.41, 5.74) is 2.73. The molecule has 1 aliphatic heterocycles. The van der Waals surface area contributed by atoms with Crippen LogP contribution in [0.1, 0.15) is 37.5 Å². The molecule has 2 aromatic carbocycles. The summed E-state index contributed by atoms with van der Waals surface area (Å²) >= 11 is 0. The van der Waals surface area contributed by atoms with Crippen molar-refractivity contribution in [3.63, 3.8) is 0 Å². The van der Waals surface area contributed by atoms with Gasteiger partial charge >= 0.3 is 11.8 Å². The number of nitrogens with zero attached hydrogens (tertiary/aromatic N) is 2. The molecule has 0 spiro atoms. The number of aliphatic hydroxyl groups excluding tert-OH is 1. The summed E-state index contributed by atoms with van der Waals surface area (Å²) in [6.07, 6.45) is -0.948. The van der Waals surface area contributed by atoms with E-state index in [4.69, 9.17) is 4.74 Å². The fraction of sp³-hybridized carbons (Fsp3) is 0.364. The van der Waals surface area contributed by atoms with Crippen LogP contribution in [0.25, 0.3) is 11.0 Å². The summed E-state index contributed by atoms with van der Waals surface area (Å²) in [5, 5.41) is 11.2. The number of imidazole rings is 1. The first-order valence-electron chi connectivity index (χ1n) is 9.86. The zero-order chi connectivity index (χ0) is 20.5. The van der Waals surface area contributed by atoms with Crippen LogP contribution in [-0.2, 0) is 17.9 Å². The lowest BCUT2D eigenvalue weighted by molar-refractivity contribution is 0.0139. The van der Waals surface area contributed by atoms with Crippen LogP contribution < -0.4 is 5.69 Å². The summed E-state index contributed by atoms with van der Waals surface area (Å²) in [5.74, 6) is 0. The molecule has 0 radical (unpaired) electrons. The molecule has 1 aromatic heterocycles. The van der Waals surface area contributed by atoms with Crippen molar-refractivity contribution in [3.05, 3.63) is 70.1 Å². The molecule has 2 heterocycles. The molecule has 2 N–H and O–H groups in total. The minimum Gasteiger partial charge on any atom is -0.445 e. The molecule has 0 saturated carbocycles. The first kappa shape index (κ1) is 19.3. The molecular formula is C22H25N3O4. The van der Waals surface area contributed by atoms with Crippen LogP contribution in [0, 0.1) is 0 Å². The zero-order valence-corrected chi connectivity index (χ0v) is 16.5. The molecule has 7 heteroatoms. The molecule has 152 valence electrons. The van der Waals surface area contributed by atoms with Gasteiger partial charge in [-0.05, 0) is 31.9 Å². The second-order valence-corrected chi connectivity index (χ2v) is 7.67. The van der Waals surface area contributed by atoms with E-state index < -0.39 is 18.2 Å². The fourth-order valence-corrected chi connectivity index (χ4v) is 4.14. The number of carbonyl (C=O) groups is 1. The Bertz CT molecular complexity index is 1070. The van der Waals surface area contributed by atoms with Gasteiger partial charge in [-0.15, -0.1) is 0 Å². The first-order chi connectivity index (χ1) is 14.0. The molecule has 0 saturated heterocycles. The van der Waals surface area contributed by atoms with Crippen molar-refractivity contribution in [3.8, 4) is 0 Å². The number of ether oxygens (including phenoxy) is 1. The van der Waals surface area contributed by atoms with Crippen molar-refractivity contribution in [2.24, 2.45) is 0 Å². The van der Waals surface area contributed by atoms with E-state index in [9.17, 15) is 14.7 Å². The first-order valence-corrected chi connectivity index (χ1v) is 9.86. The van der Waals surface area contributed by atoms with Crippen molar-refractivity contribution < 1.29 is 14.6 Å². The number of carbonyl (C=O) groups excluding carboxylic acids is 1. The Morgan fingerprint density at radius 3 is 2.72 bits per heavy atom. The van der Waals surface area contributed by atoms with E-state index in [-0.39, 0.29) is 18.3 Å². The lowest BCUT2D eigenvalue weighted by Crippen LogP contribution is -2.48. The predicted octanol–water partition coefficient (Wildman–Crippen LogP) is 3.18. The van der Waals surface area contributed by atoms with Crippen molar-refractivity contribution in [2.45, 2.75) is 51.6 Å². The number of aliphatic hydroxyl groups is 1. The van der Waals surface area contributed by atoms with E-state index >= 15 is 0 Å². The number of aromatic amines is 1. The summed E-state index contributed by atoms with van der Waals surface area (Å²) in [4.78, 5) is 29.7. The Labute approximate surface area is 168 Å². The molecule has 3 aromatic rings. The number of amides is 1. The molecule has 0 aliphatic carbocycles. The summed E-state index contributed by atoms with van der Waals surface area (Å²) in [6, 6.07) is 14.2. The van der Waals surface area contributed by atoms with Gasteiger partial charge in [-0.25, -0.2) is 9.59 Å². The minimum atomic E-state index is -0.922. The van der Waals surface area contributed by atoms with E-state index in [1.807, 2.05) is 56.3 Å². The second kappa shape index (κ2) is 7.75. The third kappa shape index (κ3) is 3.53. The lowest BCUT2D eigenvalue weighted by Gasteiger charge is -2.36. The van der Waals surface area contributed by atoms with Crippen LogP contribution in [0.5, 0.6) is 0 Å². The number of benzene rings is 2. The normalized spacial score (nSPS) is 18.6. The van der Waals surface area contributed by atoms with Gasteiger partial charge in [0.1, 0.15) is 12.7 Å². The molecule has 0 fully saturated rings. The standard InChI is InChI=1S/C22H25N3O4/c1-14(2)25(22(28)29-13-15-7-4-3-5-8-15)18-11-12-24-19-16(20(18)26)9-6-10-17(19)23-21(24)27/h3-10,14,18,20,26H,11-13H2,1-2H3,(H,23,27)/t18-,20-/m0/s1. The maximum atomic E-state index is 13.0. The monoisotopic (exact) mass is 395 g/mol. The number of para-hydroxylation sites is 1. The van der Waals surface area contributed by atoms with Gasteiger partial charge in [-0.2, -0.15) is 0 Å². The van der Waals surface area contributed by atoms with Gasteiger partial charge < -0.3 is 14.8 Å². The molecular weight excluding hydrogens is 370 g/mol. The Balaban J connectivity index is 1.62. The fourth-order valence-electron chi connectivity index (χ4n) is 4.14. The molecule has 4 rings (SSSR count). The molecule has 0 unspecified atom stereocenters. The van der Waals surface area contributed by atoms with Gasteiger partial charge in [0.2, 0.25) is 0 Å². The summed E-state index contributed by atoms with van der Waals surface area (Å²) in [6.45, 7) is 4.37. The average molecular weight is 395 g/mol. The largest absolute Gasteiger partial charge is 0.445 e. The maximum Gasteiger partial charge on any atom is 0.410 e. The molecule has 0 bridgehead atoms. The number of H-pyrrole nitrogens is 1. The van der Waals surface area contributed by atoms with E-state index in [0.717, 1.165) is 5.56 Å². The molecule has 2 atom stereocenters. The third-order valence-electron chi connectivity index (χ3n) is 5.49. The quantitative estimate of drug-likeness (QED) is 0.710. The van der Waals surface area contributed by atoms with Crippen LogP contribution >= 0.6 is 0 Å².